The molecule has 0 fully saturated rings. The van der Waals surface area contributed by atoms with Crippen molar-refractivity contribution < 1.29 is 8.83 Å². The summed E-state index contributed by atoms with van der Waals surface area (Å²) in [5.74, 6) is 3.71. The van der Waals surface area contributed by atoms with Gasteiger partial charge in [-0.15, -0.1) is 22.7 Å². The summed E-state index contributed by atoms with van der Waals surface area (Å²) in [5.41, 5.74) is 22.2. The average molecular weight is 1940 g/mol. The number of nitrogens with zero attached hydrogens (tertiary/aromatic N) is 8. The number of rotatable bonds is 9. The molecule has 149 heavy (non-hydrogen) atoms. The van der Waals surface area contributed by atoms with Crippen LogP contribution in [-0.2, 0) is 5.41 Å². The van der Waals surface area contributed by atoms with Crippen molar-refractivity contribution in [2.45, 2.75) is 19.3 Å². The summed E-state index contributed by atoms with van der Waals surface area (Å²) in [7, 11) is 0. The van der Waals surface area contributed by atoms with Gasteiger partial charge in [0.25, 0.3) is 0 Å². The Morgan fingerprint density at radius 1 is 0.195 bits per heavy atom. The van der Waals surface area contributed by atoms with Crippen LogP contribution in [-0.4, -0.2) is 39.9 Å². The highest BCUT2D eigenvalue weighted by Gasteiger charge is 2.39. The Hall–Kier alpha value is -19.0. The second-order valence-corrected chi connectivity index (χ2v) is 41.4. The highest BCUT2D eigenvalue weighted by Crippen LogP contribution is 2.57. The monoisotopic (exact) mass is 1930 g/mol. The van der Waals surface area contributed by atoms with E-state index >= 15 is 0 Å². The molecule has 7 aromatic heterocycles. The first-order valence-electron chi connectivity index (χ1n) is 50.4. The number of para-hydroxylation sites is 4. The van der Waals surface area contributed by atoms with Crippen molar-refractivity contribution in [3.8, 4) is 113 Å². The summed E-state index contributed by atoms with van der Waals surface area (Å²) in [6.45, 7) is 4.73. The van der Waals surface area contributed by atoms with Crippen molar-refractivity contribution in [2.75, 3.05) is 0 Å². The Bertz CT molecular complexity index is 11100. The lowest BCUT2D eigenvalue weighted by Gasteiger charge is -2.24. The Morgan fingerprint density at radius 2 is 0.584 bits per heavy atom. The zero-order valence-electron chi connectivity index (χ0n) is 80.6. The van der Waals surface area contributed by atoms with Gasteiger partial charge in [-0.25, -0.2) is 39.9 Å². The standard InChI is InChI=1S/C51H29N3OS.C48H31N3O.C38H22N2S/c1-2-12-30(13-3-1)31-14-10-15-33(28-31)49-52-50(54-51(53-49)41-20-11-22-43-46(41)38-18-6-8-21-42(38)55-43)34-25-26-35-32(29-34)24-27-40-45(35)36-16-4-5-17-37(36)48-47(40)39-19-7-9-23-44(39)56-48;1-48(2)38-20-10-8-17-34(38)43-36-26-23-29-27-30(24-25-31(29)41(36)32-15-6-7-16-33(32)44(43)48)46-49-45(28-13-4-3-5-14-28)50-47(51-46)37-19-12-22-40-42(37)35-18-9-11-21-39(35)52-40;1-2-8-25(9-3-1)37-38(40-31-12-6-5-11-30(31)39-37)27-18-20-28-26(22-27)17-16-23-14-15-24-19-21-33-36(35(24)34(23)28)29-10-4-7-13-32(29)41-33/h1-29H;3-27H,1-2H3;1-22H. The topological polar surface area (TPSA) is 129 Å². The maximum atomic E-state index is 6.30. The van der Waals surface area contributed by atoms with E-state index in [1.807, 2.05) is 150 Å². The summed E-state index contributed by atoms with van der Waals surface area (Å²) >= 11 is 3.76. The Morgan fingerprint density at radius 3 is 1.20 bits per heavy atom. The fraction of sp³-hybridized carbons (Fsp3) is 0.0219. The molecule has 0 amide bonds. The number of benzene rings is 24. The minimum absolute atomic E-state index is 0.0987. The summed E-state index contributed by atoms with van der Waals surface area (Å²) in [6.07, 6.45) is 0. The molecule has 0 radical (unpaired) electrons. The minimum atomic E-state index is -0.0987. The van der Waals surface area contributed by atoms with Crippen molar-refractivity contribution in [3.05, 3.63) is 472 Å². The maximum absolute atomic E-state index is 6.30. The van der Waals surface area contributed by atoms with Gasteiger partial charge in [0.15, 0.2) is 34.9 Å². The van der Waals surface area contributed by atoms with Crippen molar-refractivity contribution in [2.24, 2.45) is 0 Å². The van der Waals surface area contributed by atoms with Gasteiger partial charge < -0.3 is 8.83 Å². The molecule has 32 rings (SSSR count). The highest BCUT2D eigenvalue weighted by molar-refractivity contribution is 7.27. The molecule has 0 saturated carbocycles. The Labute approximate surface area is 861 Å². The third-order valence-electron chi connectivity index (χ3n) is 30.4. The second-order valence-electron chi connectivity index (χ2n) is 39.2. The largest absolute Gasteiger partial charge is 0.456 e. The van der Waals surface area contributed by atoms with Crippen LogP contribution < -0.4 is 0 Å². The fourth-order valence-electron chi connectivity index (χ4n) is 23.7. The van der Waals surface area contributed by atoms with E-state index in [1.54, 1.807) is 0 Å². The molecule has 1 aliphatic carbocycles. The van der Waals surface area contributed by atoms with Crippen LogP contribution in [0.4, 0.5) is 0 Å². The predicted molar refractivity (Wildman–Crippen MR) is 624 cm³/mol. The predicted octanol–water partition coefficient (Wildman–Crippen LogP) is 37.6. The van der Waals surface area contributed by atoms with Crippen LogP contribution in [0.25, 0.3) is 305 Å². The molecule has 7 heterocycles. The van der Waals surface area contributed by atoms with E-state index in [0.29, 0.717) is 34.9 Å². The van der Waals surface area contributed by atoms with Crippen LogP contribution in [0.5, 0.6) is 0 Å². The first kappa shape index (κ1) is 85.6. The van der Waals surface area contributed by atoms with E-state index < -0.39 is 0 Å². The number of hydrogen-bond acceptors (Lipinski definition) is 12. The fourth-order valence-corrected chi connectivity index (χ4v) is 26.0. The molecule has 694 valence electrons. The quantitative estimate of drug-likeness (QED) is 0.129. The summed E-state index contributed by atoms with van der Waals surface area (Å²) < 4.78 is 17.9. The van der Waals surface area contributed by atoms with Gasteiger partial charge in [0, 0.05) is 117 Å². The zero-order chi connectivity index (χ0) is 98.2. The van der Waals surface area contributed by atoms with Gasteiger partial charge in [-0.2, -0.15) is 0 Å². The van der Waals surface area contributed by atoms with Crippen LogP contribution >= 0.6 is 22.7 Å². The van der Waals surface area contributed by atoms with Crippen LogP contribution in [0, 0.1) is 0 Å². The molecule has 24 aromatic carbocycles. The number of furan rings is 2. The van der Waals surface area contributed by atoms with Crippen molar-refractivity contribution >= 4 is 215 Å². The normalized spacial score (nSPS) is 12.4. The van der Waals surface area contributed by atoms with Crippen LogP contribution in [0.15, 0.2) is 470 Å². The van der Waals surface area contributed by atoms with E-state index in [1.165, 1.54) is 149 Å². The molecule has 0 atom stereocenters. The molecule has 1 aliphatic rings. The molecule has 0 unspecified atom stereocenters. The lowest BCUT2D eigenvalue weighted by Crippen LogP contribution is -2.15. The van der Waals surface area contributed by atoms with E-state index in [9.17, 15) is 0 Å². The van der Waals surface area contributed by atoms with E-state index in [-0.39, 0.29) is 5.41 Å². The molecular weight excluding hydrogens is 1850 g/mol. The van der Waals surface area contributed by atoms with Crippen LogP contribution in [0.1, 0.15) is 25.0 Å². The van der Waals surface area contributed by atoms with Gasteiger partial charge in [0.05, 0.1) is 22.4 Å². The van der Waals surface area contributed by atoms with Gasteiger partial charge in [-0.05, 0) is 204 Å². The van der Waals surface area contributed by atoms with Gasteiger partial charge in [0.1, 0.15) is 22.3 Å². The summed E-state index contributed by atoms with van der Waals surface area (Å²) in [6, 6.07) is 163. The van der Waals surface area contributed by atoms with E-state index in [2.05, 4.69) is 347 Å². The molecular formula is C137H82N8O2S2. The molecule has 0 N–H and O–H groups in total. The van der Waals surface area contributed by atoms with Gasteiger partial charge in [-0.3, -0.25) is 0 Å². The molecule has 31 aromatic rings. The number of thiophene rings is 2. The molecule has 0 bridgehead atoms. The SMILES string of the molecule is CC1(C)c2ccccc2-c2c1c1ccccc1c1c2ccc2cc(-c3nc(-c4ccccc4)nc(-c4cccc5oc6ccccc6c45)n3)ccc21.c1ccc(-c2cccc(-c3nc(-c4ccc5c(ccc6c5c5ccccc5c5sc7ccccc7c65)c4)nc(-c4cccc5oc6ccccc6c45)n3)c2)cc1.c1ccc(-c2nc3ccccc3nc2-c2ccc3c(ccc4ccc5ccc6sc7ccccc7c6c5c43)c2)cc1. The van der Waals surface area contributed by atoms with Crippen molar-refractivity contribution in [3.63, 3.8) is 0 Å². The third kappa shape index (κ3) is 13.9. The molecule has 10 nitrogen and oxygen atoms in total. The summed E-state index contributed by atoms with van der Waals surface area (Å²) in [5, 5.41) is 32.0. The van der Waals surface area contributed by atoms with Gasteiger partial charge >= 0.3 is 0 Å². The molecule has 0 aliphatic heterocycles. The van der Waals surface area contributed by atoms with Crippen molar-refractivity contribution in [1.29, 1.82) is 0 Å². The summed E-state index contributed by atoms with van der Waals surface area (Å²) in [4.78, 5) is 41.2. The third-order valence-corrected chi connectivity index (χ3v) is 32.7. The molecule has 0 spiro atoms. The second kappa shape index (κ2) is 34.1. The Kier molecular flexibility index (Phi) is 19.6. The lowest BCUT2D eigenvalue weighted by molar-refractivity contribution is 0.666. The highest BCUT2D eigenvalue weighted by atomic mass is 32.1. The van der Waals surface area contributed by atoms with E-state index in [0.717, 1.165) is 133 Å². The van der Waals surface area contributed by atoms with Crippen LogP contribution in [0.2, 0.25) is 0 Å². The number of aromatic nitrogens is 8. The molecule has 0 saturated heterocycles. The lowest BCUT2D eigenvalue weighted by atomic mass is 9.79. The molecule has 12 heteroatoms. The average Bonchev–Trinajstić information content (AvgIpc) is 1.53. The van der Waals surface area contributed by atoms with Gasteiger partial charge in [0.2, 0.25) is 0 Å². The van der Waals surface area contributed by atoms with Crippen molar-refractivity contribution in [1.82, 2.24) is 39.9 Å². The van der Waals surface area contributed by atoms with Crippen LogP contribution in [0.3, 0.4) is 0 Å². The first-order valence-corrected chi connectivity index (χ1v) is 52.0. The zero-order valence-corrected chi connectivity index (χ0v) is 82.2. The van der Waals surface area contributed by atoms with Gasteiger partial charge in [-0.1, -0.05) is 396 Å². The Balaban J connectivity index is 0.000000104. The van der Waals surface area contributed by atoms with E-state index in [4.69, 9.17) is 48.7 Å². The number of hydrogen-bond donors (Lipinski definition) is 0. The first-order chi connectivity index (χ1) is 73.6. The number of fused-ring (bicyclic) bond motifs is 36. The maximum Gasteiger partial charge on any atom is 0.164 e. The smallest absolute Gasteiger partial charge is 0.164 e. The minimum Gasteiger partial charge on any atom is -0.456 e.